The van der Waals surface area contributed by atoms with Crippen LogP contribution in [0.2, 0.25) is 0 Å². The van der Waals surface area contributed by atoms with Gasteiger partial charge in [0, 0.05) is 18.0 Å². The molecule has 2 rings (SSSR count). The Labute approximate surface area is 95.3 Å². The smallest absolute Gasteiger partial charge is 0.226 e. The normalized spacial score (nSPS) is 12.7. The predicted molar refractivity (Wildman–Crippen MR) is 64.1 cm³/mol. The average molecular weight is 216 g/mol. The highest BCUT2D eigenvalue weighted by atomic mass is 16.4. The second-order valence-corrected chi connectivity index (χ2v) is 4.07. The highest BCUT2D eigenvalue weighted by molar-refractivity contribution is 5.53. The molecule has 3 heteroatoms. The second-order valence-electron chi connectivity index (χ2n) is 4.07. The lowest BCUT2D eigenvalue weighted by Gasteiger charge is -2.02. The Morgan fingerprint density at radius 2 is 2.00 bits per heavy atom. The van der Waals surface area contributed by atoms with Crippen LogP contribution in [-0.2, 0) is 0 Å². The monoisotopic (exact) mass is 216 g/mol. The third-order valence-corrected chi connectivity index (χ3v) is 2.66. The third-order valence-electron chi connectivity index (χ3n) is 2.66. The van der Waals surface area contributed by atoms with Crippen molar-refractivity contribution in [2.75, 3.05) is 6.54 Å². The first-order valence-electron chi connectivity index (χ1n) is 5.43. The summed E-state index contributed by atoms with van der Waals surface area (Å²) in [7, 11) is 0. The van der Waals surface area contributed by atoms with Gasteiger partial charge in [0.15, 0.2) is 0 Å². The van der Waals surface area contributed by atoms with E-state index in [0.29, 0.717) is 12.4 Å². The Morgan fingerprint density at radius 3 is 2.62 bits per heavy atom. The fourth-order valence-electron chi connectivity index (χ4n) is 1.46. The Kier molecular flexibility index (Phi) is 3.06. The molecule has 2 aromatic rings. The van der Waals surface area contributed by atoms with Crippen LogP contribution in [-0.4, -0.2) is 11.5 Å². The summed E-state index contributed by atoms with van der Waals surface area (Å²) in [5.74, 6) is 1.72. The van der Waals surface area contributed by atoms with Gasteiger partial charge < -0.3 is 10.2 Å². The first kappa shape index (κ1) is 10.9. The SMILES string of the molecule is Cc1ccc(-c2ncc(C(C)CN)o2)cc1. The van der Waals surface area contributed by atoms with Gasteiger partial charge in [0.25, 0.3) is 0 Å². The van der Waals surface area contributed by atoms with Crippen molar-refractivity contribution < 1.29 is 4.42 Å². The van der Waals surface area contributed by atoms with E-state index in [0.717, 1.165) is 11.3 Å². The summed E-state index contributed by atoms with van der Waals surface area (Å²) in [5, 5.41) is 0. The van der Waals surface area contributed by atoms with Gasteiger partial charge in [-0.1, -0.05) is 24.6 Å². The molecule has 0 radical (unpaired) electrons. The number of nitrogens with two attached hydrogens (primary N) is 1. The first-order valence-corrected chi connectivity index (χ1v) is 5.43. The van der Waals surface area contributed by atoms with Gasteiger partial charge >= 0.3 is 0 Å². The highest BCUT2D eigenvalue weighted by Gasteiger charge is 2.11. The molecular formula is C13H16N2O. The van der Waals surface area contributed by atoms with Crippen molar-refractivity contribution in [3.05, 3.63) is 41.8 Å². The summed E-state index contributed by atoms with van der Waals surface area (Å²) in [4.78, 5) is 4.26. The molecule has 16 heavy (non-hydrogen) atoms. The fraction of sp³-hybridized carbons (Fsp3) is 0.308. The number of aryl methyl sites for hydroxylation is 1. The molecular weight excluding hydrogens is 200 g/mol. The molecule has 1 heterocycles. The van der Waals surface area contributed by atoms with Crippen LogP contribution < -0.4 is 5.73 Å². The van der Waals surface area contributed by atoms with Crippen LogP contribution in [0.15, 0.2) is 34.9 Å². The van der Waals surface area contributed by atoms with Gasteiger partial charge in [-0.3, -0.25) is 0 Å². The number of hydrogen-bond acceptors (Lipinski definition) is 3. The van der Waals surface area contributed by atoms with Gasteiger partial charge in [-0.2, -0.15) is 0 Å². The molecule has 0 saturated carbocycles. The molecule has 1 atom stereocenters. The number of nitrogens with zero attached hydrogens (tertiary/aromatic N) is 1. The highest BCUT2D eigenvalue weighted by Crippen LogP contribution is 2.23. The molecule has 0 aliphatic rings. The van der Waals surface area contributed by atoms with Crippen molar-refractivity contribution in [3.8, 4) is 11.5 Å². The summed E-state index contributed by atoms with van der Waals surface area (Å²) in [5.41, 5.74) is 7.81. The maximum absolute atomic E-state index is 5.67. The summed E-state index contributed by atoms with van der Waals surface area (Å²) >= 11 is 0. The number of rotatable bonds is 3. The van der Waals surface area contributed by atoms with Crippen LogP contribution in [0.1, 0.15) is 24.2 Å². The van der Waals surface area contributed by atoms with Crippen molar-refractivity contribution in [1.29, 1.82) is 0 Å². The van der Waals surface area contributed by atoms with Crippen molar-refractivity contribution in [2.24, 2.45) is 5.73 Å². The minimum absolute atomic E-state index is 0.215. The van der Waals surface area contributed by atoms with E-state index >= 15 is 0 Å². The summed E-state index contributed by atoms with van der Waals surface area (Å²) in [6.07, 6.45) is 1.76. The van der Waals surface area contributed by atoms with Gasteiger partial charge in [-0.05, 0) is 19.1 Å². The zero-order valence-corrected chi connectivity index (χ0v) is 9.60. The molecule has 0 saturated heterocycles. The summed E-state index contributed by atoms with van der Waals surface area (Å²) in [6, 6.07) is 8.12. The number of hydrogen-bond donors (Lipinski definition) is 1. The van der Waals surface area contributed by atoms with Crippen LogP contribution in [0.25, 0.3) is 11.5 Å². The topological polar surface area (TPSA) is 52.0 Å². The van der Waals surface area contributed by atoms with E-state index in [4.69, 9.17) is 10.2 Å². The van der Waals surface area contributed by atoms with Gasteiger partial charge in [-0.15, -0.1) is 0 Å². The molecule has 0 spiro atoms. The zero-order valence-electron chi connectivity index (χ0n) is 9.60. The number of benzene rings is 1. The molecule has 0 fully saturated rings. The zero-order chi connectivity index (χ0) is 11.5. The van der Waals surface area contributed by atoms with Crippen LogP contribution in [0.4, 0.5) is 0 Å². The Balaban J connectivity index is 2.28. The van der Waals surface area contributed by atoms with Crippen LogP contribution in [0.3, 0.4) is 0 Å². The minimum atomic E-state index is 0.215. The standard InChI is InChI=1S/C13H16N2O/c1-9-3-5-11(6-4-9)13-15-8-12(16-13)10(2)7-14/h3-6,8,10H,7,14H2,1-2H3. The molecule has 0 aliphatic carbocycles. The predicted octanol–water partition coefficient (Wildman–Crippen LogP) is 2.71. The van der Waals surface area contributed by atoms with E-state index in [9.17, 15) is 0 Å². The molecule has 0 aliphatic heterocycles. The van der Waals surface area contributed by atoms with Crippen LogP contribution in [0, 0.1) is 6.92 Å². The van der Waals surface area contributed by atoms with E-state index in [1.54, 1.807) is 6.20 Å². The molecule has 2 N–H and O–H groups in total. The lowest BCUT2D eigenvalue weighted by molar-refractivity contribution is 0.485. The van der Waals surface area contributed by atoms with E-state index in [1.807, 2.05) is 31.2 Å². The van der Waals surface area contributed by atoms with Crippen molar-refractivity contribution in [2.45, 2.75) is 19.8 Å². The molecule has 1 aromatic carbocycles. The van der Waals surface area contributed by atoms with E-state index in [1.165, 1.54) is 5.56 Å². The van der Waals surface area contributed by atoms with E-state index in [-0.39, 0.29) is 5.92 Å². The largest absolute Gasteiger partial charge is 0.441 e. The maximum Gasteiger partial charge on any atom is 0.226 e. The van der Waals surface area contributed by atoms with Crippen LogP contribution in [0.5, 0.6) is 0 Å². The van der Waals surface area contributed by atoms with E-state index < -0.39 is 0 Å². The van der Waals surface area contributed by atoms with Crippen molar-refractivity contribution in [3.63, 3.8) is 0 Å². The molecule has 0 amide bonds. The van der Waals surface area contributed by atoms with Gasteiger partial charge in [0.1, 0.15) is 5.76 Å². The third kappa shape index (κ3) is 2.14. The van der Waals surface area contributed by atoms with Crippen molar-refractivity contribution >= 4 is 0 Å². The Morgan fingerprint density at radius 1 is 1.31 bits per heavy atom. The van der Waals surface area contributed by atoms with Gasteiger partial charge in [-0.25, -0.2) is 4.98 Å². The fourth-order valence-corrected chi connectivity index (χ4v) is 1.46. The van der Waals surface area contributed by atoms with Gasteiger partial charge in [0.05, 0.1) is 6.20 Å². The lowest BCUT2D eigenvalue weighted by atomic mass is 10.1. The minimum Gasteiger partial charge on any atom is -0.441 e. The lowest BCUT2D eigenvalue weighted by Crippen LogP contribution is -2.07. The number of oxazole rings is 1. The van der Waals surface area contributed by atoms with Crippen molar-refractivity contribution in [1.82, 2.24) is 4.98 Å². The average Bonchev–Trinajstić information content (AvgIpc) is 2.78. The Hall–Kier alpha value is -1.61. The molecule has 3 nitrogen and oxygen atoms in total. The Bertz CT molecular complexity index is 459. The molecule has 0 bridgehead atoms. The molecule has 84 valence electrons. The van der Waals surface area contributed by atoms with Crippen LogP contribution >= 0.6 is 0 Å². The second kappa shape index (κ2) is 4.49. The molecule has 1 aromatic heterocycles. The quantitative estimate of drug-likeness (QED) is 0.858. The van der Waals surface area contributed by atoms with E-state index in [2.05, 4.69) is 11.9 Å². The maximum atomic E-state index is 5.67. The summed E-state index contributed by atoms with van der Waals surface area (Å²) in [6.45, 7) is 4.66. The summed E-state index contributed by atoms with van der Waals surface area (Å²) < 4.78 is 5.67. The number of aromatic nitrogens is 1. The molecule has 1 unspecified atom stereocenters. The van der Waals surface area contributed by atoms with Gasteiger partial charge in [0.2, 0.25) is 5.89 Å². The first-order chi connectivity index (χ1) is 7.70.